The molecular formula is C20H25N3O3. The molecule has 0 saturated carbocycles. The van der Waals surface area contributed by atoms with Crippen LogP contribution in [0.1, 0.15) is 35.2 Å². The second kappa shape index (κ2) is 9.56. The maximum atomic E-state index is 12.1. The second-order valence-corrected chi connectivity index (χ2v) is 6.23. The molecule has 1 N–H and O–H groups in total. The normalized spacial score (nSPS) is 10.3. The van der Waals surface area contributed by atoms with Gasteiger partial charge in [0.15, 0.2) is 0 Å². The molecule has 0 aliphatic carbocycles. The zero-order chi connectivity index (χ0) is 18.9. The van der Waals surface area contributed by atoms with Crippen molar-refractivity contribution < 1.29 is 14.3 Å². The van der Waals surface area contributed by atoms with Crippen LogP contribution in [0.5, 0.6) is 5.75 Å². The van der Waals surface area contributed by atoms with E-state index < -0.39 is 0 Å². The van der Waals surface area contributed by atoms with Gasteiger partial charge in [-0.05, 0) is 49.1 Å². The Morgan fingerprint density at radius 2 is 1.85 bits per heavy atom. The first-order valence-electron chi connectivity index (χ1n) is 8.60. The smallest absolute Gasteiger partial charge is 0.253 e. The van der Waals surface area contributed by atoms with E-state index in [0.717, 1.165) is 25.0 Å². The highest BCUT2D eigenvalue weighted by molar-refractivity contribution is 5.96. The monoisotopic (exact) mass is 355 g/mol. The van der Waals surface area contributed by atoms with E-state index in [-0.39, 0.29) is 11.8 Å². The molecule has 0 bridgehead atoms. The molecule has 0 aliphatic rings. The number of ether oxygens (including phenoxy) is 1. The first-order chi connectivity index (χ1) is 12.5. The third-order valence-electron chi connectivity index (χ3n) is 3.96. The third kappa shape index (κ3) is 5.88. The summed E-state index contributed by atoms with van der Waals surface area (Å²) < 4.78 is 5.14. The SMILES string of the molecule is COc1ccc(CCCCC(=O)Nc2cc(C(=O)N(C)C)ccn2)cc1. The van der Waals surface area contributed by atoms with Gasteiger partial charge >= 0.3 is 0 Å². The molecule has 6 heteroatoms. The van der Waals surface area contributed by atoms with Gasteiger partial charge in [0, 0.05) is 32.3 Å². The molecule has 0 atom stereocenters. The molecule has 0 aliphatic heterocycles. The molecule has 26 heavy (non-hydrogen) atoms. The number of carbonyl (C=O) groups excluding carboxylic acids is 2. The van der Waals surface area contributed by atoms with Crippen molar-refractivity contribution >= 4 is 17.6 Å². The van der Waals surface area contributed by atoms with Crippen LogP contribution in [0.15, 0.2) is 42.6 Å². The molecule has 0 unspecified atom stereocenters. The van der Waals surface area contributed by atoms with Crippen LogP contribution in [0.2, 0.25) is 0 Å². The summed E-state index contributed by atoms with van der Waals surface area (Å²) >= 11 is 0. The Hall–Kier alpha value is -2.89. The number of methoxy groups -OCH3 is 1. The van der Waals surface area contributed by atoms with E-state index in [2.05, 4.69) is 10.3 Å². The van der Waals surface area contributed by atoms with Crippen molar-refractivity contribution in [2.75, 3.05) is 26.5 Å². The Labute approximate surface area is 154 Å². The molecule has 1 aromatic carbocycles. The lowest BCUT2D eigenvalue weighted by Gasteiger charge is -2.11. The summed E-state index contributed by atoms with van der Waals surface area (Å²) in [6, 6.07) is 11.2. The number of hydrogen-bond donors (Lipinski definition) is 1. The van der Waals surface area contributed by atoms with Crippen molar-refractivity contribution in [3.63, 3.8) is 0 Å². The predicted molar refractivity (Wildman–Crippen MR) is 101 cm³/mol. The van der Waals surface area contributed by atoms with E-state index in [1.165, 1.54) is 16.7 Å². The molecule has 0 saturated heterocycles. The third-order valence-corrected chi connectivity index (χ3v) is 3.96. The van der Waals surface area contributed by atoms with Crippen molar-refractivity contribution in [1.29, 1.82) is 0 Å². The fourth-order valence-electron chi connectivity index (χ4n) is 2.50. The molecule has 6 nitrogen and oxygen atoms in total. The van der Waals surface area contributed by atoms with Crippen LogP contribution in [0.4, 0.5) is 5.82 Å². The Bertz CT molecular complexity index is 742. The fourth-order valence-corrected chi connectivity index (χ4v) is 2.50. The minimum atomic E-state index is -0.123. The number of unbranched alkanes of at least 4 members (excludes halogenated alkanes) is 1. The molecular weight excluding hydrogens is 330 g/mol. The van der Waals surface area contributed by atoms with Crippen molar-refractivity contribution in [2.24, 2.45) is 0 Å². The first kappa shape index (κ1) is 19.4. The Morgan fingerprint density at radius 3 is 2.50 bits per heavy atom. The number of pyridine rings is 1. The highest BCUT2D eigenvalue weighted by atomic mass is 16.5. The second-order valence-electron chi connectivity index (χ2n) is 6.23. The zero-order valence-electron chi connectivity index (χ0n) is 15.5. The standard InChI is InChI=1S/C20H25N3O3/c1-23(2)20(25)16-12-13-21-18(14-16)22-19(24)7-5-4-6-15-8-10-17(26-3)11-9-15/h8-14H,4-7H2,1-3H3,(H,21,22,24). The summed E-state index contributed by atoms with van der Waals surface area (Å²) in [5.41, 5.74) is 1.72. The first-order valence-corrected chi connectivity index (χ1v) is 8.60. The van der Waals surface area contributed by atoms with Gasteiger partial charge in [0.1, 0.15) is 11.6 Å². The van der Waals surface area contributed by atoms with Gasteiger partial charge in [-0.1, -0.05) is 12.1 Å². The van der Waals surface area contributed by atoms with Crippen LogP contribution < -0.4 is 10.1 Å². The zero-order valence-corrected chi connectivity index (χ0v) is 15.5. The molecule has 138 valence electrons. The number of nitrogens with one attached hydrogen (secondary N) is 1. The summed E-state index contributed by atoms with van der Waals surface area (Å²) in [5.74, 6) is 1.03. The average molecular weight is 355 g/mol. The van der Waals surface area contributed by atoms with E-state index in [0.29, 0.717) is 17.8 Å². The summed E-state index contributed by atoms with van der Waals surface area (Å²) in [6.07, 6.45) is 4.57. The quantitative estimate of drug-likeness (QED) is 0.739. The van der Waals surface area contributed by atoms with Crippen LogP contribution in [0.25, 0.3) is 0 Å². The van der Waals surface area contributed by atoms with Crippen molar-refractivity contribution in [3.8, 4) is 5.75 Å². The van der Waals surface area contributed by atoms with Gasteiger partial charge in [-0.3, -0.25) is 9.59 Å². The predicted octanol–water partition coefficient (Wildman–Crippen LogP) is 3.14. The summed E-state index contributed by atoms with van der Waals surface area (Å²) in [5, 5.41) is 2.75. The van der Waals surface area contributed by atoms with Gasteiger partial charge in [-0.15, -0.1) is 0 Å². The Morgan fingerprint density at radius 1 is 1.12 bits per heavy atom. The van der Waals surface area contributed by atoms with Gasteiger partial charge in [0.25, 0.3) is 5.91 Å². The maximum absolute atomic E-state index is 12.1. The number of carbonyl (C=O) groups is 2. The molecule has 0 spiro atoms. The van der Waals surface area contributed by atoms with Gasteiger partial charge in [-0.2, -0.15) is 0 Å². The minimum absolute atomic E-state index is 0.0957. The van der Waals surface area contributed by atoms with E-state index in [9.17, 15) is 9.59 Å². The van der Waals surface area contributed by atoms with Crippen molar-refractivity contribution in [2.45, 2.75) is 25.7 Å². The highest BCUT2D eigenvalue weighted by Gasteiger charge is 2.10. The largest absolute Gasteiger partial charge is 0.497 e. The Kier molecular flexibility index (Phi) is 7.14. The van der Waals surface area contributed by atoms with Crippen LogP contribution in [-0.2, 0) is 11.2 Å². The van der Waals surface area contributed by atoms with Crippen molar-refractivity contribution in [1.82, 2.24) is 9.88 Å². The van der Waals surface area contributed by atoms with E-state index in [1.54, 1.807) is 33.3 Å². The topological polar surface area (TPSA) is 71.5 Å². The van der Waals surface area contributed by atoms with E-state index >= 15 is 0 Å². The van der Waals surface area contributed by atoms with Gasteiger partial charge in [0.2, 0.25) is 5.91 Å². The highest BCUT2D eigenvalue weighted by Crippen LogP contribution is 2.14. The summed E-state index contributed by atoms with van der Waals surface area (Å²) in [7, 11) is 5.02. The van der Waals surface area contributed by atoms with Gasteiger partial charge in [-0.25, -0.2) is 4.98 Å². The number of amides is 2. The molecule has 2 aromatic rings. The summed E-state index contributed by atoms with van der Waals surface area (Å²) in [6.45, 7) is 0. The van der Waals surface area contributed by atoms with Crippen molar-refractivity contribution in [3.05, 3.63) is 53.7 Å². The molecule has 1 heterocycles. The lowest BCUT2D eigenvalue weighted by atomic mass is 10.1. The lowest BCUT2D eigenvalue weighted by Crippen LogP contribution is -2.22. The van der Waals surface area contributed by atoms with E-state index in [4.69, 9.17) is 4.74 Å². The fraction of sp³-hybridized carbons (Fsp3) is 0.350. The lowest BCUT2D eigenvalue weighted by molar-refractivity contribution is -0.116. The minimum Gasteiger partial charge on any atom is -0.497 e. The molecule has 1 aromatic heterocycles. The molecule has 0 radical (unpaired) electrons. The van der Waals surface area contributed by atoms with Crippen LogP contribution in [0.3, 0.4) is 0 Å². The summed E-state index contributed by atoms with van der Waals surface area (Å²) in [4.78, 5) is 29.6. The average Bonchev–Trinajstić information content (AvgIpc) is 2.65. The molecule has 0 fully saturated rings. The van der Waals surface area contributed by atoms with Crippen LogP contribution in [-0.4, -0.2) is 42.9 Å². The Balaban J connectivity index is 1.76. The number of rotatable bonds is 8. The van der Waals surface area contributed by atoms with E-state index in [1.807, 2.05) is 24.3 Å². The molecule has 2 amide bonds. The number of hydrogen-bond acceptors (Lipinski definition) is 4. The number of aromatic nitrogens is 1. The number of anilines is 1. The van der Waals surface area contributed by atoms with Crippen LogP contribution >= 0.6 is 0 Å². The van der Waals surface area contributed by atoms with Gasteiger partial charge < -0.3 is 15.0 Å². The number of aryl methyl sites for hydroxylation is 1. The van der Waals surface area contributed by atoms with Gasteiger partial charge in [0.05, 0.1) is 7.11 Å². The molecule has 2 rings (SSSR count). The number of benzene rings is 1. The number of nitrogens with zero attached hydrogens (tertiary/aromatic N) is 2. The van der Waals surface area contributed by atoms with Crippen LogP contribution in [0, 0.1) is 0 Å². The maximum Gasteiger partial charge on any atom is 0.253 e.